The molecule has 0 spiro atoms. The topological polar surface area (TPSA) is 21.3 Å². The highest BCUT2D eigenvalue weighted by Gasteiger charge is 2.49. The summed E-state index contributed by atoms with van der Waals surface area (Å²) in [6.07, 6.45) is 1.45. The van der Waals surface area contributed by atoms with E-state index >= 15 is 0 Å². The molecule has 1 aliphatic rings. The molecule has 0 aliphatic heterocycles. The Bertz CT molecular complexity index is 431. The van der Waals surface area contributed by atoms with Crippen LogP contribution in [-0.4, -0.2) is 18.8 Å². The van der Waals surface area contributed by atoms with Crippen molar-refractivity contribution in [1.29, 1.82) is 0 Å². The van der Waals surface area contributed by atoms with Gasteiger partial charge in [0.2, 0.25) is 0 Å². The molecule has 2 atom stereocenters. The van der Waals surface area contributed by atoms with Crippen LogP contribution in [0.5, 0.6) is 0 Å². The second kappa shape index (κ2) is 5.84. The van der Waals surface area contributed by atoms with E-state index < -0.39 is 0 Å². The van der Waals surface area contributed by atoms with E-state index in [4.69, 9.17) is 4.74 Å². The lowest BCUT2D eigenvalue weighted by Gasteiger charge is -2.52. The van der Waals surface area contributed by atoms with E-state index in [-0.39, 0.29) is 5.41 Å². The van der Waals surface area contributed by atoms with Gasteiger partial charge in [-0.15, -0.1) is 0 Å². The smallest absolute Gasteiger partial charge is 0.0665 e. The number of hydrogen-bond acceptors (Lipinski definition) is 2. The van der Waals surface area contributed by atoms with E-state index in [9.17, 15) is 0 Å². The van der Waals surface area contributed by atoms with Gasteiger partial charge in [-0.05, 0) is 40.4 Å². The molecule has 106 valence electrons. The summed E-state index contributed by atoms with van der Waals surface area (Å²) in [5, 5.41) is 3.63. The standard InChI is InChI=1S/C16H24BrNO/c1-11(2)10-19-15-9-14(16(15,3)4)18-13-8-6-5-7-12(13)17/h5-8,11,14-15,18H,9-10H2,1-4H3. The number of rotatable bonds is 5. The van der Waals surface area contributed by atoms with Crippen molar-refractivity contribution >= 4 is 21.6 Å². The van der Waals surface area contributed by atoms with Crippen LogP contribution in [0, 0.1) is 11.3 Å². The third-order valence-corrected chi connectivity index (χ3v) is 4.70. The van der Waals surface area contributed by atoms with Crippen molar-refractivity contribution < 1.29 is 4.74 Å². The van der Waals surface area contributed by atoms with Crippen LogP contribution in [0.15, 0.2) is 28.7 Å². The highest BCUT2D eigenvalue weighted by Crippen LogP contribution is 2.45. The molecule has 0 bridgehead atoms. The van der Waals surface area contributed by atoms with Crippen molar-refractivity contribution in [3.05, 3.63) is 28.7 Å². The van der Waals surface area contributed by atoms with Crippen molar-refractivity contribution in [2.24, 2.45) is 11.3 Å². The van der Waals surface area contributed by atoms with E-state index in [1.54, 1.807) is 0 Å². The Morgan fingerprint density at radius 2 is 2.05 bits per heavy atom. The Balaban J connectivity index is 1.93. The molecule has 1 aliphatic carbocycles. The van der Waals surface area contributed by atoms with Gasteiger partial charge in [0.05, 0.1) is 6.10 Å². The maximum absolute atomic E-state index is 6.00. The van der Waals surface area contributed by atoms with Crippen LogP contribution < -0.4 is 5.32 Å². The molecule has 1 fully saturated rings. The lowest BCUT2D eigenvalue weighted by Crippen LogP contribution is -2.58. The number of para-hydroxylation sites is 1. The Labute approximate surface area is 125 Å². The normalized spacial score (nSPS) is 25.2. The number of nitrogens with one attached hydrogen (secondary N) is 1. The Hall–Kier alpha value is -0.540. The van der Waals surface area contributed by atoms with Crippen LogP contribution in [0.2, 0.25) is 0 Å². The monoisotopic (exact) mass is 325 g/mol. The Morgan fingerprint density at radius 3 is 2.63 bits per heavy atom. The maximum Gasteiger partial charge on any atom is 0.0665 e. The van der Waals surface area contributed by atoms with E-state index in [2.05, 4.69) is 67.1 Å². The van der Waals surface area contributed by atoms with Gasteiger partial charge in [0, 0.05) is 28.2 Å². The summed E-state index contributed by atoms with van der Waals surface area (Å²) in [4.78, 5) is 0. The largest absolute Gasteiger partial charge is 0.381 e. The molecular formula is C16H24BrNO. The zero-order valence-corrected chi connectivity index (χ0v) is 13.8. The quantitative estimate of drug-likeness (QED) is 0.847. The molecule has 2 unspecified atom stereocenters. The zero-order chi connectivity index (χ0) is 14.0. The third-order valence-electron chi connectivity index (χ3n) is 4.01. The molecule has 19 heavy (non-hydrogen) atoms. The first-order valence-electron chi connectivity index (χ1n) is 7.04. The predicted octanol–water partition coefficient (Wildman–Crippen LogP) is 4.70. The molecule has 0 heterocycles. The average molecular weight is 326 g/mol. The van der Waals surface area contributed by atoms with Crippen LogP contribution in [-0.2, 0) is 4.74 Å². The second-order valence-corrected chi connectivity index (χ2v) is 7.30. The van der Waals surface area contributed by atoms with Gasteiger partial charge in [0.15, 0.2) is 0 Å². The van der Waals surface area contributed by atoms with Crippen molar-refractivity contribution in [1.82, 2.24) is 0 Å². The minimum Gasteiger partial charge on any atom is -0.381 e. The summed E-state index contributed by atoms with van der Waals surface area (Å²) in [6.45, 7) is 9.83. The number of hydrogen-bond donors (Lipinski definition) is 1. The van der Waals surface area contributed by atoms with Crippen molar-refractivity contribution in [2.75, 3.05) is 11.9 Å². The van der Waals surface area contributed by atoms with Crippen LogP contribution in [0.1, 0.15) is 34.1 Å². The number of anilines is 1. The predicted molar refractivity (Wildman–Crippen MR) is 84.5 cm³/mol. The fourth-order valence-corrected chi connectivity index (χ4v) is 2.89. The zero-order valence-electron chi connectivity index (χ0n) is 12.2. The third kappa shape index (κ3) is 3.32. The van der Waals surface area contributed by atoms with Gasteiger partial charge < -0.3 is 10.1 Å². The highest BCUT2D eigenvalue weighted by atomic mass is 79.9. The molecule has 0 radical (unpaired) electrons. The van der Waals surface area contributed by atoms with Gasteiger partial charge in [0.25, 0.3) is 0 Å². The molecule has 1 saturated carbocycles. The molecule has 1 aromatic carbocycles. The lowest BCUT2D eigenvalue weighted by molar-refractivity contribution is -0.108. The first-order valence-corrected chi connectivity index (χ1v) is 7.83. The van der Waals surface area contributed by atoms with Gasteiger partial charge in [-0.2, -0.15) is 0 Å². The summed E-state index contributed by atoms with van der Waals surface area (Å²) < 4.78 is 7.12. The van der Waals surface area contributed by atoms with Gasteiger partial charge >= 0.3 is 0 Å². The van der Waals surface area contributed by atoms with Crippen LogP contribution in [0.4, 0.5) is 5.69 Å². The summed E-state index contributed by atoms with van der Waals surface area (Å²) in [5.41, 5.74) is 1.35. The van der Waals surface area contributed by atoms with Gasteiger partial charge in [-0.1, -0.05) is 39.8 Å². The molecule has 1 aromatic rings. The molecule has 2 rings (SSSR count). The van der Waals surface area contributed by atoms with Crippen molar-refractivity contribution in [2.45, 2.75) is 46.3 Å². The number of benzene rings is 1. The fourth-order valence-electron chi connectivity index (χ4n) is 2.49. The molecular weight excluding hydrogens is 302 g/mol. The number of halogens is 1. The van der Waals surface area contributed by atoms with E-state index in [0.717, 1.165) is 17.5 Å². The second-order valence-electron chi connectivity index (χ2n) is 6.45. The van der Waals surface area contributed by atoms with E-state index in [0.29, 0.717) is 18.1 Å². The SMILES string of the molecule is CC(C)COC1CC(Nc2ccccc2Br)C1(C)C. The Morgan fingerprint density at radius 1 is 1.37 bits per heavy atom. The lowest BCUT2D eigenvalue weighted by atomic mass is 9.64. The minimum atomic E-state index is 0.185. The first-order chi connectivity index (χ1) is 8.91. The molecule has 0 saturated heterocycles. The van der Waals surface area contributed by atoms with Crippen LogP contribution >= 0.6 is 15.9 Å². The molecule has 2 nitrogen and oxygen atoms in total. The van der Waals surface area contributed by atoms with Gasteiger partial charge in [0.1, 0.15) is 0 Å². The van der Waals surface area contributed by atoms with E-state index in [1.165, 1.54) is 5.69 Å². The summed E-state index contributed by atoms with van der Waals surface area (Å²) in [6, 6.07) is 8.76. The highest BCUT2D eigenvalue weighted by molar-refractivity contribution is 9.10. The van der Waals surface area contributed by atoms with E-state index in [1.807, 2.05) is 6.07 Å². The fraction of sp³-hybridized carbons (Fsp3) is 0.625. The number of ether oxygens (including phenoxy) is 1. The molecule has 3 heteroatoms. The van der Waals surface area contributed by atoms with Crippen molar-refractivity contribution in [3.8, 4) is 0 Å². The van der Waals surface area contributed by atoms with Gasteiger partial charge in [-0.25, -0.2) is 0 Å². The van der Waals surface area contributed by atoms with Crippen LogP contribution in [0.25, 0.3) is 0 Å². The summed E-state index contributed by atoms with van der Waals surface area (Å²) >= 11 is 3.59. The molecule has 0 amide bonds. The minimum absolute atomic E-state index is 0.185. The molecule has 0 aromatic heterocycles. The molecule has 1 N–H and O–H groups in total. The van der Waals surface area contributed by atoms with Crippen LogP contribution in [0.3, 0.4) is 0 Å². The summed E-state index contributed by atoms with van der Waals surface area (Å²) in [7, 11) is 0. The average Bonchev–Trinajstić information content (AvgIpc) is 2.34. The summed E-state index contributed by atoms with van der Waals surface area (Å²) in [5.74, 6) is 0.603. The van der Waals surface area contributed by atoms with Crippen molar-refractivity contribution in [3.63, 3.8) is 0 Å². The maximum atomic E-state index is 6.00. The first kappa shape index (κ1) is 14.9. The Kier molecular flexibility index (Phi) is 4.57. The van der Waals surface area contributed by atoms with Gasteiger partial charge in [-0.3, -0.25) is 0 Å².